The number of pyridine rings is 1. The highest BCUT2D eigenvalue weighted by Gasteiger charge is 2.22. The summed E-state index contributed by atoms with van der Waals surface area (Å²) in [5, 5.41) is 4.51. The molecular formula is C21H22IN3O4S. The van der Waals surface area contributed by atoms with E-state index >= 15 is 0 Å². The van der Waals surface area contributed by atoms with Crippen LogP contribution < -0.4 is 4.74 Å². The minimum absolute atomic E-state index is 0.0582. The second kappa shape index (κ2) is 9.03. The Labute approximate surface area is 189 Å². The molecule has 3 aromatic rings. The third-order valence-electron chi connectivity index (χ3n) is 4.89. The summed E-state index contributed by atoms with van der Waals surface area (Å²) >= 11 is 2.26. The van der Waals surface area contributed by atoms with Gasteiger partial charge in [0.1, 0.15) is 18.1 Å². The summed E-state index contributed by atoms with van der Waals surface area (Å²) in [7, 11) is -3.24. The number of aromatic nitrogens is 3. The maximum absolute atomic E-state index is 11.7. The molecule has 1 saturated heterocycles. The van der Waals surface area contributed by atoms with E-state index < -0.39 is 9.84 Å². The minimum atomic E-state index is -3.24. The predicted octanol–water partition coefficient (Wildman–Crippen LogP) is 4.23. The fourth-order valence-electron chi connectivity index (χ4n) is 3.35. The van der Waals surface area contributed by atoms with Crippen molar-refractivity contribution in [2.45, 2.75) is 37.0 Å². The van der Waals surface area contributed by atoms with E-state index in [-0.39, 0.29) is 17.7 Å². The average molecular weight is 539 g/mol. The fraction of sp³-hybridized carbons (Fsp3) is 0.333. The highest BCUT2D eigenvalue weighted by atomic mass is 127. The number of halogens is 1. The first-order chi connectivity index (χ1) is 14.4. The second-order valence-corrected chi connectivity index (χ2v) is 10.4. The normalized spacial score (nSPS) is 17.1. The molecule has 1 atom stereocenters. The van der Waals surface area contributed by atoms with E-state index in [9.17, 15) is 8.42 Å². The van der Waals surface area contributed by atoms with Gasteiger partial charge < -0.3 is 9.47 Å². The Hall–Kier alpha value is -1.98. The molecule has 30 heavy (non-hydrogen) atoms. The van der Waals surface area contributed by atoms with Crippen LogP contribution in [0.3, 0.4) is 0 Å². The summed E-state index contributed by atoms with van der Waals surface area (Å²) in [6, 6.07) is 10.5. The van der Waals surface area contributed by atoms with Gasteiger partial charge >= 0.3 is 0 Å². The lowest BCUT2D eigenvalue weighted by atomic mass is 10.2. The first kappa shape index (κ1) is 21.3. The average Bonchev–Trinajstić information content (AvgIpc) is 3.14. The maximum atomic E-state index is 11.7. The zero-order valence-corrected chi connectivity index (χ0v) is 19.5. The van der Waals surface area contributed by atoms with E-state index in [1.165, 1.54) is 6.26 Å². The second-order valence-electron chi connectivity index (χ2n) is 7.19. The van der Waals surface area contributed by atoms with Gasteiger partial charge in [0, 0.05) is 12.9 Å². The third-order valence-corrected chi connectivity index (χ3v) is 6.79. The molecule has 0 aliphatic carbocycles. The third kappa shape index (κ3) is 4.84. The Bertz CT molecular complexity index is 1120. The van der Waals surface area contributed by atoms with E-state index in [0.29, 0.717) is 5.75 Å². The largest absolute Gasteiger partial charge is 0.487 e. The van der Waals surface area contributed by atoms with Crippen LogP contribution in [0, 0.1) is 3.57 Å². The molecule has 3 heterocycles. The summed E-state index contributed by atoms with van der Waals surface area (Å²) in [6.07, 6.45) is 7.79. The monoisotopic (exact) mass is 539 g/mol. The zero-order chi connectivity index (χ0) is 21.1. The standard InChI is InChI=1S/C21H22IN3O4S/c1-30(26,27)17-6-4-5-15(11-17)14-29-16-8-9-19(23-12-16)21-18(22)13-24-25(21)20-7-2-3-10-28-20/h4-6,8-9,11-13,20H,2-3,7,10,14H2,1H3. The SMILES string of the molecule is CS(=O)(=O)c1cccc(COc2ccc(-c3c(I)cnn3C3CCCCO3)nc2)c1. The van der Waals surface area contributed by atoms with Crippen molar-refractivity contribution in [3.63, 3.8) is 0 Å². The zero-order valence-electron chi connectivity index (χ0n) is 16.5. The lowest BCUT2D eigenvalue weighted by molar-refractivity contribution is -0.0384. The van der Waals surface area contributed by atoms with Crippen molar-refractivity contribution in [2.24, 2.45) is 0 Å². The van der Waals surface area contributed by atoms with Crippen LogP contribution in [0.5, 0.6) is 5.75 Å². The number of rotatable bonds is 6. The summed E-state index contributed by atoms with van der Waals surface area (Å²) in [5.41, 5.74) is 2.52. The van der Waals surface area contributed by atoms with Gasteiger partial charge in [0.2, 0.25) is 0 Å². The molecule has 7 nitrogen and oxygen atoms in total. The van der Waals surface area contributed by atoms with E-state index in [1.807, 2.05) is 29.1 Å². The molecular weight excluding hydrogens is 517 g/mol. The summed E-state index contributed by atoms with van der Waals surface area (Å²) in [5.74, 6) is 0.610. The Morgan fingerprint density at radius 1 is 1.23 bits per heavy atom. The van der Waals surface area contributed by atoms with Crippen molar-refractivity contribution in [1.29, 1.82) is 0 Å². The van der Waals surface area contributed by atoms with Crippen LogP contribution in [0.15, 0.2) is 53.7 Å². The molecule has 2 aromatic heterocycles. The van der Waals surface area contributed by atoms with Gasteiger partial charge in [-0.25, -0.2) is 13.1 Å². The van der Waals surface area contributed by atoms with Crippen LogP contribution in [0.25, 0.3) is 11.4 Å². The highest BCUT2D eigenvalue weighted by Crippen LogP contribution is 2.31. The van der Waals surface area contributed by atoms with Crippen molar-refractivity contribution in [2.75, 3.05) is 12.9 Å². The highest BCUT2D eigenvalue weighted by molar-refractivity contribution is 14.1. The molecule has 1 aromatic carbocycles. The van der Waals surface area contributed by atoms with Crippen LogP contribution >= 0.6 is 22.6 Å². The molecule has 1 unspecified atom stereocenters. The van der Waals surface area contributed by atoms with Gasteiger partial charge in [-0.1, -0.05) is 12.1 Å². The molecule has 0 saturated carbocycles. The van der Waals surface area contributed by atoms with Gasteiger partial charge in [0.15, 0.2) is 16.1 Å². The van der Waals surface area contributed by atoms with Gasteiger partial charge in [0.25, 0.3) is 0 Å². The van der Waals surface area contributed by atoms with E-state index in [0.717, 1.165) is 46.4 Å². The maximum Gasteiger partial charge on any atom is 0.175 e. The van der Waals surface area contributed by atoms with Crippen LogP contribution in [0.2, 0.25) is 0 Å². The Balaban J connectivity index is 1.49. The van der Waals surface area contributed by atoms with Gasteiger partial charge in [-0.3, -0.25) is 4.98 Å². The first-order valence-corrected chi connectivity index (χ1v) is 12.6. The molecule has 0 bridgehead atoms. The van der Waals surface area contributed by atoms with Crippen molar-refractivity contribution in [3.8, 4) is 17.1 Å². The Morgan fingerprint density at radius 3 is 2.80 bits per heavy atom. The Morgan fingerprint density at radius 2 is 2.10 bits per heavy atom. The topological polar surface area (TPSA) is 83.3 Å². The number of benzene rings is 1. The van der Waals surface area contributed by atoms with E-state index in [2.05, 4.69) is 32.7 Å². The number of nitrogens with zero attached hydrogens (tertiary/aromatic N) is 3. The smallest absolute Gasteiger partial charge is 0.175 e. The van der Waals surface area contributed by atoms with Crippen LogP contribution in [-0.2, 0) is 21.2 Å². The van der Waals surface area contributed by atoms with E-state index in [4.69, 9.17) is 9.47 Å². The van der Waals surface area contributed by atoms with E-state index in [1.54, 1.807) is 24.4 Å². The minimum Gasteiger partial charge on any atom is -0.487 e. The molecule has 0 N–H and O–H groups in total. The van der Waals surface area contributed by atoms with Gasteiger partial charge in [0.05, 0.1) is 26.6 Å². The number of sulfone groups is 1. The van der Waals surface area contributed by atoms with Crippen LogP contribution in [0.1, 0.15) is 31.1 Å². The van der Waals surface area contributed by atoms with Crippen LogP contribution in [0.4, 0.5) is 0 Å². The molecule has 1 fully saturated rings. The fourth-order valence-corrected chi connectivity index (χ4v) is 4.69. The van der Waals surface area contributed by atoms with Gasteiger partial charge in [-0.15, -0.1) is 0 Å². The van der Waals surface area contributed by atoms with Crippen molar-refractivity contribution in [1.82, 2.24) is 14.8 Å². The summed E-state index contributed by atoms with van der Waals surface area (Å²) < 4.78 is 38.0. The lowest BCUT2D eigenvalue weighted by Crippen LogP contribution is -2.20. The van der Waals surface area contributed by atoms with Crippen molar-refractivity contribution < 1.29 is 17.9 Å². The summed E-state index contributed by atoms with van der Waals surface area (Å²) in [6.45, 7) is 1.01. The molecule has 158 valence electrons. The number of ether oxygens (including phenoxy) is 2. The molecule has 9 heteroatoms. The number of hydrogen-bond acceptors (Lipinski definition) is 6. The van der Waals surface area contributed by atoms with Crippen molar-refractivity contribution in [3.05, 3.63) is 57.9 Å². The molecule has 1 aliphatic rings. The molecule has 0 spiro atoms. The van der Waals surface area contributed by atoms with Crippen molar-refractivity contribution >= 4 is 32.4 Å². The molecule has 0 amide bonds. The summed E-state index contributed by atoms with van der Waals surface area (Å²) in [4.78, 5) is 4.85. The molecule has 4 rings (SSSR count). The van der Waals surface area contributed by atoms with Crippen LogP contribution in [-0.4, -0.2) is 36.0 Å². The lowest BCUT2D eigenvalue weighted by Gasteiger charge is -2.24. The van der Waals surface area contributed by atoms with Gasteiger partial charge in [-0.05, 0) is 71.7 Å². The Kier molecular flexibility index (Phi) is 6.40. The first-order valence-electron chi connectivity index (χ1n) is 9.64. The molecule has 0 radical (unpaired) electrons. The molecule has 1 aliphatic heterocycles. The predicted molar refractivity (Wildman–Crippen MR) is 121 cm³/mol. The number of hydrogen-bond donors (Lipinski definition) is 0. The van der Waals surface area contributed by atoms with Gasteiger partial charge in [-0.2, -0.15) is 5.10 Å². The quantitative estimate of drug-likeness (QED) is 0.436.